The molecule has 0 heterocycles. The van der Waals surface area contributed by atoms with Gasteiger partial charge >= 0.3 is 0 Å². The number of methoxy groups -OCH3 is 2. The van der Waals surface area contributed by atoms with Gasteiger partial charge in [-0.25, -0.2) is 0 Å². The summed E-state index contributed by atoms with van der Waals surface area (Å²) in [4.78, 5) is 12.1. The number of ether oxygens (including phenoxy) is 2. The fraction of sp³-hybridized carbons (Fsp3) is 0.781. The number of hydrogen-bond acceptors (Lipinski definition) is 3. The first-order chi connectivity index (χ1) is 17.7. The number of nitrogens with one attached hydrogen (secondary N) is 1. The number of benzene rings is 1. The van der Waals surface area contributed by atoms with Crippen LogP contribution in [0, 0.1) is 0 Å². The van der Waals surface area contributed by atoms with E-state index in [9.17, 15) is 4.79 Å². The van der Waals surface area contributed by atoms with E-state index in [4.69, 9.17) is 9.47 Å². The van der Waals surface area contributed by atoms with Gasteiger partial charge in [-0.05, 0) is 30.5 Å². The molecule has 1 amide bonds. The molecule has 4 nitrogen and oxygen atoms in total. The van der Waals surface area contributed by atoms with Gasteiger partial charge in [0, 0.05) is 13.0 Å². The van der Waals surface area contributed by atoms with Crippen LogP contribution >= 0.6 is 0 Å². The van der Waals surface area contributed by atoms with Crippen molar-refractivity contribution in [2.24, 2.45) is 0 Å². The van der Waals surface area contributed by atoms with Crippen LogP contribution in [0.25, 0.3) is 0 Å². The minimum Gasteiger partial charge on any atom is -0.493 e. The van der Waals surface area contributed by atoms with E-state index in [1.54, 1.807) is 14.2 Å². The Labute approximate surface area is 223 Å². The molecule has 4 heteroatoms. The van der Waals surface area contributed by atoms with E-state index in [0.29, 0.717) is 13.0 Å². The van der Waals surface area contributed by atoms with Gasteiger partial charge in [-0.1, -0.05) is 129 Å². The van der Waals surface area contributed by atoms with Crippen molar-refractivity contribution in [3.8, 4) is 11.5 Å². The molecule has 0 bridgehead atoms. The molecule has 0 saturated heterocycles. The van der Waals surface area contributed by atoms with Gasteiger partial charge < -0.3 is 14.8 Å². The van der Waals surface area contributed by atoms with E-state index in [1.165, 1.54) is 116 Å². The molecular weight excluding hydrogens is 446 g/mol. The van der Waals surface area contributed by atoms with E-state index in [2.05, 4.69) is 12.2 Å². The predicted octanol–water partition coefficient (Wildman–Crippen LogP) is 9.18. The maximum atomic E-state index is 12.1. The van der Waals surface area contributed by atoms with Gasteiger partial charge in [0.2, 0.25) is 5.91 Å². The zero-order valence-electron chi connectivity index (χ0n) is 24.0. The Morgan fingerprint density at radius 1 is 0.639 bits per heavy atom. The Kier molecular flexibility index (Phi) is 21.3. The van der Waals surface area contributed by atoms with Crippen molar-refractivity contribution in [3.05, 3.63) is 23.8 Å². The quantitative estimate of drug-likeness (QED) is 0.135. The van der Waals surface area contributed by atoms with E-state index in [0.717, 1.165) is 29.9 Å². The molecule has 1 aromatic rings. The molecule has 0 spiro atoms. The van der Waals surface area contributed by atoms with Crippen molar-refractivity contribution in [3.63, 3.8) is 0 Å². The zero-order valence-corrected chi connectivity index (χ0v) is 24.0. The van der Waals surface area contributed by atoms with Crippen molar-refractivity contribution in [2.45, 2.75) is 142 Å². The van der Waals surface area contributed by atoms with Gasteiger partial charge in [0.05, 0.1) is 14.2 Å². The minimum absolute atomic E-state index is 0.169. The lowest BCUT2D eigenvalue weighted by Crippen LogP contribution is -2.25. The molecule has 36 heavy (non-hydrogen) atoms. The summed E-state index contributed by atoms with van der Waals surface area (Å²) in [6.45, 7) is 2.95. The van der Waals surface area contributed by atoms with E-state index < -0.39 is 0 Å². The normalized spacial score (nSPS) is 11.0. The Balaban J connectivity index is 1.83. The Hall–Kier alpha value is -1.71. The highest BCUT2D eigenvalue weighted by Gasteiger charge is 2.06. The SMILES string of the molecule is CCCCCCCCCCCCCCCCCCCCCC(=O)NCCc1ccc(OC)c(OC)c1. The standard InChI is InChI=1S/C32H57NO3/c1-4-5-6-7-8-9-10-11-12-13-14-15-16-17-18-19-20-21-22-23-32(34)33-27-26-29-24-25-30(35-2)31(28-29)36-3/h24-25,28H,4-23,26-27H2,1-3H3,(H,33,34). The van der Waals surface area contributed by atoms with Gasteiger partial charge in [-0.2, -0.15) is 0 Å². The maximum absolute atomic E-state index is 12.1. The summed E-state index contributed by atoms with van der Waals surface area (Å²) in [5, 5.41) is 3.04. The molecule has 0 aliphatic carbocycles. The summed E-state index contributed by atoms with van der Waals surface area (Å²) in [6.07, 6.45) is 27.5. The minimum atomic E-state index is 0.169. The molecule has 1 rings (SSSR count). The third kappa shape index (κ3) is 17.7. The highest BCUT2D eigenvalue weighted by molar-refractivity contribution is 5.75. The molecular formula is C32H57NO3. The van der Waals surface area contributed by atoms with Gasteiger partial charge in [-0.3, -0.25) is 4.79 Å². The fourth-order valence-electron chi connectivity index (χ4n) is 4.83. The molecule has 0 saturated carbocycles. The molecule has 0 aromatic heterocycles. The smallest absolute Gasteiger partial charge is 0.220 e. The monoisotopic (exact) mass is 503 g/mol. The highest BCUT2D eigenvalue weighted by Crippen LogP contribution is 2.27. The molecule has 1 aromatic carbocycles. The molecule has 0 aliphatic heterocycles. The van der Waals surface area contributed by atoms with E-state index in [1.807, 2.05) is 18.2 Å². The van der Waals surface area contributed by atoms with Crippen LogP contribution in [-0.4, -0.2) is 26.7 Å². The lowest BCUT2D eigenvalue weighted by Gasteiger charge is -2.10. The second-order valence-corrected chi connectivity index (χ2v) is 10.4. The molecule has 0 fully saturated rings. The molecule has 0 unspecified atom stereocenters. The first-order valence-electron chi connectivity index (χ1n) is 15.2. The molecule has 0 atom stereocenters. The molecule has 0 radical (unpaired) electrons. The number of unbranched alkanes of at least 4 members (excludes halogenated alkanes) is 18. The van der Waals surface area contributed by atoms with Crippen LogP contribution in [0.15, 0.2) is 18.2 Å². The molecule has 0 aliphatic rings. The molecule has 208 valence electrons. The summed E-state index contributed by atoms with van der Waals surface area (Å²) in [6, 6.07) is 5.91. The first kappa shape index (κ1) is 32.3. The predicted molar refractivity (Wildman–Crippen MR) is 154 cm³/mol. The fourth-order valence-corrected chi connectivity index (χ4v) is 4.83. The highest BCUT2D eigenvalue weighted by atomic mass is 16.5. The van der Waals surface area contributed by atoms with Crippen LogP contribution in [0.2, 0.25) is 0 Å². The third-order valence-corrected chi connectivity index (χ3v) is 7.19. The number of carbonyl (C=O) groups is 1. The number of rotatable bonds is 25. The zero-order chi connectivity index (χ0) is 26.1. The van der Waals surface area contributed by atoms with Crippen LogP contribution in [0.4, 0.5) is 0 Å². The summed E-state index contributed by atoms with van der Waals surface area (Å²) in [5.74, 6) is 1.63. The number of hydrogen-bond donors (Lipinski definition) is 1. The van der Waals surface area contributed by atoms with Crippen molar-refractivity contribution >= 4 is 5.91 Å². The lowest BCUT2D eigenvalue weighted by molar-refractivity contribution is -0.121. The Morgan fingerprint density at radius 2 is 1.08 bits per heavy atom. The Bertz CT molecular complexity index is 646. The van der Waals surface area contributed by atoms with Crippen molar-refractivity contribution < 1.29 is 14.3 Å². The first-order valence-corrected chi connectivity index (χ1v) is 15.2. The van der Waals surface area contributed by atoms with Crippen molar-refractivity contribution in [1.29, 1.82) is 0 Å². The Morgan fingerprint density at radius 3 is 1.53 bits per heavy atom. The largest absolute Gasteiger partial charge is 0.493 e. The van der Waals surface area contributed by atoms with E-state index >= 15 is 0 Å². The van der Waals surface area contributed by atoms with Gasteiger partial charge in [0.1, 0.15) is 0 Å². The summed E-state index contributed by atoms with van der Waals surface area (Å²) in [5.41, 5.74) is 1.14. The van der Waals surface area contributed by atoms with Crippen LogP contribution in [-0.2, 0) is 11.2 Å². The average Bonchev–Trinajstić information content (AvgIpc) is 2.89. The van der Waals surface area contributed by atoms with Crippen LogP contribution in [0.1, 0.15) is 141 Å². The van der Waals surface area contributed by atoms with Crippen molar-refractivity contribution in [1.82, 2.24) is 5.32 Å². The number of amides is 1. The maximum Gasteiger partial charge on any atom is 0.220 e. The van der Waals surface area contributed by atoms with Crippen molar-refractivity contribution in [2.75, 3.05) is 20.8 Å². The van der Waals surface area contributed by atoms with Gasteiger partial charge in [0.15, 0.2) is 11.5 Å². The second-order valence-electron chi connectivity index (χ2n) is 10.4. The molecule has 1 N–H and O–H groups in total. The summed E-state index contributed by atoms with van der Waals surface area (Å²) >= 11 is 0. The lowest BCUT2D eigenvalue weighted by atomic mass is 10.0. The van der Waals surface area contributed by atoms with E-state index in [-0.39, 0.29) is 5.91 Å². The number of carbonyl (C=O) groups excluding carboxylic acids is 1. The topological polar surface area (TPSA) is 47.6 Å². The summed E-state index contributed by atoms with van der Waals surface area (Å²) in [7, 11) is 3.28. The van der Waals surface area contributed by atoms with Gasteiger partial charge in [0.25, 0.3) is 0 Å². The summed E-state index contributed by atoms with van der Waals surface area (Å²) < 4.78 is 10.6. The van der Waals surface area contributed by atoms with Crippen LogP contribution in [0.5, 0.6) is 11.5 Å². The van der Waals surface area contributed by atoms with Crippen LogP contribution < -0.4 is 14.8 Å². The van der Waals surface area contributed by atoms with Crippen LogP contribution in [0.3, 0.4) is 0 Å². The van der Waals surface area contributed by atoms with Gasteiger partial charge in [-0.15, -0.1) is 0 Å². The average molecular weight is 504 g/mol. The second kappa shape index (κ2) is 23.7. The third-order valence-electron chi connectivity index (χ3n) is 7.19.